The van der Waals surface area contributed by atoms with E-state index in [2.05, 4.69) is 58.9 Å². The lowest BCUT2D eigenvalue weighted by Crippen LogP contribution is -2.21. The summed E-state index contributed by atoms with van der Waals surface area (Å²) in [6.45, 7) is 2.12. The lowest BCUT2D eigenvalue weighted by molar-refractivity contribution is 0.646. The summed E-state index contributed by atoms with van der Waals surface area (Å²) in [4.78, 5) is 0. The molecule has 3 nitrogen and oxygen atoms in total. The fraction of sp³-hybridized carbons (Fsp3) is 0.308. The zero-order valence-corrected chi connectivity index (χ0v) is 12.0. The van der Waals surface area contributed by atoms with Gasteiger partial charge in [0.1, 0.15) is 0 Å². The smallest absolute Gasteiger partial charge is 0.0648 e. The van der Waals surface area contributed by atoms with Crippen LogP contribution in [0.5, 0.6) is 0 Å². The molecule has 2 rings (SSSR count). The molecule has 0 spiro atoms. The molecule has 2 aromatic rings. The lowest BCUT2D eigenvalue weighted by atomic mass is 10.0. The van der Waals surface area contributed by atoms with Crippen LogP contribution in [0.4, 0.5) is 0 Å². The molecule has 0 aliphatic heterocycles. The molecule has 90 valence electrons. The molecule has 1 atom stereocenters. The second-order valence-corrected chi connectivity index (χ2v) is 5.39. The number of rotatable bonds is 4. The Morgan fingerprint density at radius 1 is 1.47 bits per heavy atom. The molecule has 0 saturated heterocycles. The first-order valence-corrected chi connectivity index (χ1v) is 6.82. The SMILES string of the molecule is CCC(N)Cc1cccc(-n2cc(I)cn2)c1. The predicted octanol–water partition coefficient (Wildman–Crippen LogP) is 2.76. The Labute approximate surface area is 115 Å². The summed E-state index contributed by atoms with van der Waals surface area (Å²) in [6, 6.07) is 8.63. The van der Waals surface area contributed by atoms with Crippen LogP contribution in [0.2, 0.25) is 0 Å². The van der Waals surface area contributed by atoms with Crippen molar-refractivity contribution in [1.82, 2.24) is 9.78 Å². The highest BCUT2D eigenvalue weighted by molar-refractivity contribution is 14.1. The van der Waals surface area contributed by atoms with Gasteiger partial charge in [-0.3, -0.25) is 0 Å². The van der Waals surface area contributed by atoms with Gasteiger partial charge in [0.15, 0.2) is 0 Å². The number of halogens is 1. The molecular formula is C13H16IN3. The number of benzene rings is 1. The molecule has 0 radical (unpaired) electrons. The molecule has 0 aliphatic carbocycles. The minimum Gasteiger partial charge on any atom is -0.327 e. The van der Waals surface area contributed by atoms with Crippen molar-refractivity contribution in [1.29, 1.82) is 0 Å². The summed E-state index contributed by atoms with van der Waals surface area (Å²) >= 11 is 2.26. The van der Waals surface area contributed by atoms with Gasteiger partial charge >= 0.3 is 0 Å². The van der Waals surface area contributed by atoms with Gasteiger partial charge < -0.3 is 5.73 Å². The van der Waals surface area contributed by atoms with Crippen LogP contribution >= 0.6 is 22.6 Å². The van der Waals surface area contributed by atoms with Crippen molar-refractivity contribution >= 4 is 22.6 Å². The zero-order chi connectivity index (χ0) is 12.3. The highest BCUT2D eigenvalue weighted by atomic mass is 127. The first kappa shape index (κ1) is 12.6. The van der Waals surface area contributed by atoms with Crippen molar-refractivity contribution in [3.05, 3.63) is 45.8 Å². The Morgan fingerprint density at radius 3 is 2.94 bits per heavy atom. The van der Waals surface area contributed by atoms with E-state index in [1.807, 2.05) is 17.1 Å². The van der Waals surface area contributed by atoms with Crippen molar-refractivity contribution in [2.45, 2.75) is 25.8 Å². The van der Waals surface area contributed by atoms with Gasteiger partial charge in [-0.1, -0.05) is 19.1 Å². The molecule has 1 heterocycles. The van der Waals surface area contributed by atoms with Gasteiger partial charge in [-0.25, -0.2) is 4.68 Å². The van der Waals surface area contributed by atoms with E-state index in [-0.39, 0.29) is 6.04 Å². The maximum Gasteiger partial charge on any atom is 0.0648 e. The molecule has 1 aromatic heterocycles. The van der Waals surface area contributed by atoms with Gasteiger partial charge in [0.05, 0.1) is 15.5 Å². The van der Waals surface area contributed by atoms with E-state index in [0.29, 0.717) is 0 Å². The molecule has 1 aromatic carbocycles. The summed E-state index contributed by atoms with van der Waals surface area (Å²) in [5.74, 6) is 0. The maximum atomic E-state index is 5.97. The first-order chi connectivity index (χ1) is 8.19. The van der Waals surface area contributed by atoms with Crippen LogP contribution in [0.25, 0.3) is 5.69 Å². The first-order valence-electron chi connectivity index (χ1n) is 5.74. The fourth-order valence-corrected chi connectivity index (χ4v) is 2.10. The number of hydrogen-bond acceptors (Lipinski definition) is 2. The Balaban J connectivity index is 2.22. The second-order valence-electron chi connectivity index (χ2n) is 4.15. The van der Waals surface area contributed by atoms with E-state index < -0.39 is 0 Å². The van der Waals surface area contributed by atoms with E-state index in [1.165, 1.54) is 5.56 Å². The topological polar surface area (TPSA) is 43.8 Å². The lowest BCUT2D eigenvalue weighted by Gasteiger charge is -2.10. The summed E-state index contributed by atoms with van der Waals surface area (Å²) in [6.07, 6.45) is 5.79. The van der Waals surface area contributed by atoms with Gasteiger partial charge in [-0.05, 0) is 53.1 Å². The third kappa shape index (κ3) is 3.29. The summed E-state index contributed by atoms with van der Waals surface area (Å²) in [5, 5.41) is 4.30. The highest BCUT2D eigenvalue weighted by Gasteiger charge is 2.04. The minimum absolute atomic E-state index is 0.239. The molecule has 17 heavy (non-hydrogen) atoms. The van der Waals surface area contributed by atoms with Crippen molar-refractivity contribution in [2.75, 3.05) is 0 Å². The molecule has 0 amide bonds. The van der Waals surface area contributed by atoms with Gasteiger partial charge in [-0.2, -0.15) is 5.10 Å². The van der Waals surface area contributed by atoms with Crippen molar-refractivity contribution < 1.29 is 0 Å². The Bertz CT molecular complexity index is 493. The molecule has 4 heteroatoms. The maximum absolute atomic E-state index is 5.97. The second kappa shape index (κ2) is 5.64. The van der Waals surface area contributed by atoms with Gasteiger partial charge in [-0.15, -0.1) is 0 Å². The van der Waals surface area contributed by atoms with E-state index in [9.17, 15) is 0 Å². The van der Waals surface area contributed by atoms with E-state index in [0.717, 1.165) is 22.1 Å². The number of nitrogens with two attached hydrogens (primary N) is 1. The van der Waals surface area contributed by atoms with E-state index >= 15 is 0 Å². The number of nitrogens with zero attached hydrogens (tertiary/aromatic N) is 2. The molecule has 2 N–H and O–H groups in total. The third-order valence-electron chi connectivity index (χ3n) is 2.75. The Hall–Kier alpha value is -0.880. The average Bonchev–Trinajstić information content (AvgIpc) is 2.76. The quantitative estimate of drug-likeness (QED) is 0.869. The van der Waals surface area contributed by atoms with Crippen LogP contribution in [0, 0.1) is 3.57 Å². The van der Waals surface area contributed by atoms with E-state index in [1.54, 1.807) is 0 Å². The van der Waals surface area contributed by atoms with Gasteiger partial charge in [0.25, 0.3) is 0 Å². The Kier molecular flexibility index (Phi) is 4.17. The third-order valence-corrected chi connectivity index (χ3v) is 3.31. The van der Waals surface area contributed by atoms with Crippen LogP contribution in [0.15, 0.2) is 36.7 Å². The van der Waals surface area contributed by atoms with Crippen LogP contribution in [0.1, 0.15) is 18.9 Å². The predicted molar refractivity (Wildman–Crippen MR) is 78.3 cm³/mol. The van der Waals surface area contributed by atoms with Crippen LogP contribution in [-0.4, -0.2) is 15.8 Å². The monoisotopic (exact) mass is 341 g/mol. The Morgan fingerprint density at radius 2 is 2.29 bits per heavy atom. The largest absolute Gasteiger partial charge is 0.327 e. The van der Waals surface area contributed by atoms with E-state index in [4.69, 9.17) is 5.73 Å². The molecule has 0 aliphatic rings. The van der Waals surface area contributed by atoms with Crippen molar-refractivity contribution in [3.63, 3.8) is 0 Å². The minimum atomic E-state index is 0.239. The highest BCUT2D eigenvalue weighted by Crippen LogP contribution is 2.13. The molecular weight excluding hydrogens is 325 g/mol. The standard InChI is InChI=1S/C13H16IN3/c1-2-12(15)6-10-4-3-5-13(7-10)17-9-11(14)8-16-17/h3-5,7-9,12H,2,6,15H2,1H3. The van der Waals surface area contributed by atoms with Gasteiger partial charge in [0, 0.05) is 12.2 Å². The summed E-state index contributed by atoms with van der Waals surface area (Å²) in [7, 11) is 0. The van der Waals surface area contributed by atoms with Crippen LogP contribution in [0.3, 0.4) is 0 Å². The van der Waals surface area contributed by atoms with Crippen molar-refractivity contribution in [2.24, 2.45) is 5.73 Å². The van der Waals surface area contributed by atoms with Crippen LogP contribution in [-0.2, 0) is 6.42 Å². The molecule has 0 bridgehead atoms. The fourth-order valence-electron chi connectivity index (χ4n) is 1.72. The normalized spacial score (nSPS) is 12.6. The summed E-state index contributed by atoms with van der Waals surface area (Å²) in [5.41, 5.74) is 8.33. The number of hydrogen-bond donors (Lipinski definition) is 1. The zero-order valence-electron chi connectivity index (χ0n) is 9.81. The van der Waals surface area contributed by atoms with Crippen molar-refractivity contribution in [3.8, 4) is 5.69 Å². The number of aromatic nitrogens is 2. The van der Waals surface area contributed by atoms with Crippen LogP contribution < -0.4 is 5.73 Å². The molecule has 1 unspecified atom stereocenters. The molecule has 0 fully saturated rings. The average molecular weight is 341 g/mol. The summed E-state index contributed by atoms with van der Waals surface area (Å²) < 4.78 is 3.03. The van der Waals surface area contributed by atoms with Gasteiger partial charge in [0.2, 0.25) is 0 Å². The molecule has 0 saturated carbocycles.